The van der Waals surface area contributed by atoms with Crippen molar-refractivity contribution in [3.63, 3.8) is 0 Å². The molecular weight excluding hydrogens is 408 g/mol. The van der Waals surface area contributed by atoms with Gasteiger partial charge in [0.1, 0.15) is 9.90 Å². The summed E-state index contributed by atoms with van der Waals surface area (Å²) in [5, 5.41) is 5.51. The fraction of sp³-hybridized carbons (Fsp3) is 0.400. The Morgan fingerprint density at radius 2 is 1.76 bits per heavy atom. The maximum absolute atomic E-state index is 13.2. The van der Waals surface area contributed by atoms with Crippen LogP contribution in [0.15, 0.2) is 35.2 Å². The molecule has 0 saturated carbocycles. The van der Waals surface area contributed by atoms with E-state index in [1.54, 1.807) is 22.9 Å². The zero-order valence-corrected chi connectivity index (χ0v) is 18.4. The highest BCUT2D eigenvalue weighted by Gasteiger charge is 2.32. The molecule has 0 atom stereocenters. The van der Waals surface area contributed by atoms with Crippen LogP contribution in [0.1, 0.15) is 22.0 Å². The van der Waals surface area contributed by atoms with Gasteiger partial charge in [0.25, 0.3) is 0 Å². The number of hydrogen-bond donors (Lipinski definition) is 0. The summed E-state index contributed by atoms with van der Waals surface area (Å²) in [6, 6.07) is 10.1. The van der Waals surface area contributed by atoms with Gasteiger partial charge in [-0.05, 0) is 20.8 Å². The van der Waals surface area contributed by atoms with Gasteiger partial charge in [-0.1, -0.05) is 30.3 Å². The Bertz CT molecular complexity index is 1110. The van der Waals surface area contributed by atoms with Gasteiger partial charge < -0.3 is 4.74 Å². The first kappa shape index (κ1) is 20.2. The van der Waals surface area contributed by atoms with Crippen molar-refractivity contribution in [2.24, 2.45) is 0 Å². The van der Waals surface area contributed by atoms with E-state index in [-0.39, 0.29) is 0 Å². The number of sulfonamides is 1. The van der Waals surface area contributed by atoms with Crippen molar-refractivity contribution in [1.82, 2.24) is 19.1 Å². The quantitative estimate of drug-likeness (QED) is 0.619. The Morgan fingerprint density at radius 3 is 2.45 bits per heavy atom. The lowest BCUT2D eigenvalue weighted by Gasteiger charge is -2.26. The number of thiazole rings is 1. The summed E-state index contributed by atoms with van der Waals surface area (Å²) in [7, 11) is -3.58. The predicted molar refractivity (Wildman–Crippen MR) is 113 cm³/mol. The van der Waals surface area contributed by atoms with E-state index in [9.17, 15) is 8.42 Å². The first-order chi connectivity index (χ1) is 13.9. The largest absolute Gasteiger partial charge is 0.379 e. The molecule has 1 aliphatic heterocycles. The van der Waals surface area contributed by atoms with Crippen LogP contribution in [0.3, 0.4) is 0 Å². The summed E-state index contributed by atoms with van der Waals surface area (Å²) < 4.78 is 34.9. The topological polar surface area (TPSA) is 77.3 Å². The van der Waals surface area contributed by atoms with Crippen LogP contribution in [0, 0.1) is 20.8 Å². The van der Waals surface area contributed by atoms with E-state index < -0.39 is 10.0 Å². The Morgan fingerprint density at radius 1 is 1.07 bits per heavy atom. The third kappa shape index (κ3) is 3.87. The Balaban J connectivity index is 1.65. The first-order valence-corrected chi connectivity index (χ1v) is 11.8. The third-order valence-corrected chi connectivity index (χ3v) is 8.43. The van der Waals surface area contributed by atoms with E-state index in [0.29, 0.717) is 49.1 Å². The lowest BCUT2D eigenvalue weighted by atomic mass is 10.2. The van der Waals surface area contributed by atoms with Gasteiger partial charge in [-0.25, -0.2) is 13.4 Å². The number of aromatic nitrogens is 3. The van der Waals surface area contributed by atoms with E-state index in [1.165, 1.54) is 4.31 Å². The fourth-order valence-electron chi connectivity index (χ4n) is 3.54. The molecule has 1 aliphatic rings. The maximum Gasteiger partial charge on any atom is 0.246 e. The number of benzene rings is 1. The molecule has 4 rings (SSSR count). The van der Waals surface area contributed by atoms with E-state index in [4.69, 9.17) is 9.72 Å². The van der Waals surface area contributed by atoms with Crippen LogP contribution in [0.25, 0.3) is 10.6 Å². The second kappa shape index (κ2) is 7.98. The van der Waals surface area contributed by atoms with Crippen LogP contribution in [-0.2, 0) is 21.3 Å². The smallest absolute Gasteiger partial charge is 0.246 e. The number of rotatable bonds is 5. The summed E-state index contributed by atoms with van der Waals surface area (Å²) in [5.41, 5.74) is 3.21. The van der Waals surface area contributed by atoms with Gasteiger partial charge in [-0.15, -0.1) is 11.3 Å². The van der Waals surface area contributed by atoms with Crippen molar-refractivity contribution in [2.75, 3.05) is 26.3 Å². The van der Waals surface area contributed by atoms with Crippen molar-refractivity contribution < 1.29 is 13.2 Å². The number of hydrogen-bond acceptors (Lipinski definition) is 6. The molecule has 29 heavy (non-hydrogen) atoms. The van der Waals surface area contributed by atoms with Gasteiger partial charge >= 0.3 is 0 Å². The van der Waals surface area contributed by atoms with Crippen LogP contribution in [0.4, 0.5) is 0 Å². The van der Waals surface area contributed by atoms with Crippen LogP contribution in [-0.4, -0.2) is 53.8 Å². The Labute approximate surface area is 175 Å². The molecular formula is C20H24N4O3S2. The molecule has 0 aliphatic carbocycles. The summed E-state index contributed by atoms with van der Waals surface area (Å²) in [6.07, 6.45) is 0. The minimum Gasteiger partial charge on any atom is -0.379 e. The highest BCUT2D eigenvalue weighted by Crippen LogP contribution is 2.30. The van der Waals surface area contributed by atoms with Gasteiger partial charge in [0.15, 0.2) is 0 Å². The van der Waals surface area contributed by atoms with Gasteiger partial charge in [0.2, 0.25) is 10.0 Å². The molecule has 0 bridgehead atoms. The van der Waals surface area contributed by atoms with E-state index in [0.717, 1.165) is 21.1 Å². The minimum absolute atomic E-state index is 0.310. The predicted octanol–water partition coefficient (Wildman–Crippen LogP) is 3.00. The molecule has 3 aromatic rings. The van der Waals surface area contributed by atoms with Crippen molar-refractivity contribution in [2.45, 2.75) is 32.2 Å². The molecule has 1 fully saturated rings. The van der Waals surface area contributed by atoms with Crippen molar-refractivity contribution in [1.29, 1.82) is 0 Å². The summed E-state index contributed by atoms with van der Waals surface area (Å²) in [4.78, 5) is 6.08. The second-order valence-corrected chi connectivity index (χ2v) is 10.0. The van der Waals surface area contributed by atoms with E-state index in [1.807, 2.05) is 44.2 Å². The SMILES string of the molecule is Cc1nc(-c2ccccc2)sc1Cn1nc(C)c(S(=O)(=O)N2CCOCC2)c1C. The molecule has 0 radical (unpaired) electrons. The van der Waals surface area contributed by atoms with Crippen LogP contribution >= 0.6 is 11.3 Å². The number of aryl methyl sites for hydroxylation is 2. The van der Waals surface area contributed by atoms with Gasteiger partial charge in [0, 0.05) is 23.5 Å². The Hall–Kier alpha value is -2.07. The first-order valence-electron chi connectivity index (χ1n) is 9.51. The molecule has 0 unspecified atom stereocenters. The third-order valence-electron chi connectivity index (χ3n) is 5.09. The molecule has 1 aromatic carbocycles. The standard InChI is InChI=1S/C20H24N4O3S2/c1-14-18(28-20(21-14)17-7-5-4-6-8-17)13-24-16(3)19(15(2)22-24)29(25,26)23-9-11-27-12-10-23/h4-8H,9-13H2,1-3H3. The van der Waals surface area contributed by atoms with Crippen molar-refractivity contribution in [3.8, 4) is 10.6 Å². The normalized spacial score (nSPS) is 15.7. The molecule has 7 nitrogen and oxygen atoms in total. The second-order valence-electron chi connectivity index (χ2n) is 7.07. The summed E-state index contributed by atoms with van der Waals surface area (Å²) >= 11 is 1.62. The molecule has 154 valence electrons. The van der Waals surface area contributed by atoms with Crippen LogP contribution in [0.5, 0.6) is 0 Å². The van der Waals surface area contributed by atoms with Crippen molar-refractivity contribution in [3.05, 3.63) is 52.3 Å². The molecule has 0 spiro atoms. The zero-order valence-electron chi connectivity index (χ0n) is 16.8. The highest BCUT2D eigenvalue weighted by atomic mass is 32.2. The van der Waals surface area contributed by atoms with E-state index >= 15 is 0 Å². The monoisotopic (exact) mass is 432 g/mol. The number of nitrogens with zero attached hydrogens (tertiary/aromatic N) is 4. The van der Waals surface area contributed by atoms with Crippen LogP contribution in [0.2, 0.25) is 0 Å². The molecule has 3 heterocycles. The summed E-state index contributed by atoms with van der Waals surface area (Å²) in [6.45, 7) is 7.66. The lowest BCUT2D eigenvalue weighted by molar-refractivity contribution is 0.0730. The highest BCUT2D eigenvalue weighted by molar-refractivity contribution is 7.89. The number of morpholine rings is 1. The van der Waals surface area contributed by atoms with Crippen LogP contribution < -0.4 is 0 Å². The average Bonchev–Trinajstić information content (AvgIpc) is 3.22. The van der Waals surface area contributed by atoms with E-state index in [2.05, 4.69) is 5.10 Å². The molecule has 0 amide bonds. The zero-order chi connectivity index (χ0) is 20.6. The molecule has 1 saturated heterocycles. The number of ether oxygens (including phenoxy) is 1. The fourth-order valence-corrected chi connectivity index (χ4v) is 6.37. The van der Waals surface area contributed by atoms with Gasteiger partial charge in [0.05, 0.1) is 36.8 Å². The van der Waals surface area contributed by atoms with Gasteiger partial charge in [-0.2, -0.15) is 9.40 Å². The maximum atomic E-state index is 13.2. The molecule has 9 heteroatoms. The van der Waals surface area contributed by atoms with Gasteiger partial charge in [-0.3, -0.25) is 4.68 Å². The lowest BCUT2D eigenvalue weighted by Crippen LogP contribution is -2.41. The Kier molecular flexibility index (Phi) is 5.56. The molecule has 0 N–H and O–H groups in total. The molecule has 2 aromatic heterocycles. The van der Waals surface area contributed by atoms with Crippen molar-refractivity contribution >= 4 is 21.4 Å². The average molecular weight is 433 g/mol. The minimum atomic E-state index is -3.58. The summed E-state index contributed by atoms with van der Waals surface area (Å²) in [5.74, 6) is 0.